The number of nitrogens with zero attached hydrogens (tertiary/aromatic N) is 2. The highest BCUT2D eigenvalue weighted by atomic mass is 35.5. The topological polar surface area (TPSA) is 72.0 Å². The molecule has 136 valence electrons. The first-order valence-corrected chi connectivity index (χ1v) is 11.4. The van der Waals surface area contributed by atoms with Crippen molar-refractivity contribution in [1.82, 2.24) is 10.2 Å². The van der Waals surface area contributed by atoms with E-state index in [1.807, 2.05) is 24.3 Å². The zero-order chi connectivity index (χ0) is 18.7. The number of nitrogens with one attached hydrogen (secondary N) is 1. The van der Waals surface area contributed by atoms with Gasteiger partial charge in [0.05, 0.1) is 14.9 Å². The number of hydrogen-bond donors (Lipinski definition) is 1. The summed E-state index contributed by atoms with van der Waals surface area (Å²) in [4.78, 5) is -0.00235. The summed E-state index contributed by atoms with van der Waals surface area (Å²) < 4.78 is 27.8. The van der Waals surface area contributed by atoms with Gasteiger partial charge in [-0.25, -0.2) is 8.42 Å². The molecule has 0 bridgehead atoms. The molecule has 11 heteroatoms. The molecule has 0 unspecified atom stereocenters. The van der Waals surface area contributed by atoms with Crippen LogP contribution in [0.15, 0.2) is 51.7 Å². The first kappa shape index (κ1) is 19.7. The van der Waals surface area contributed by atoms with Gasteiger partial charge < -0.3 is 0 Å². The minimum absolute atomic E-state index is 0.00235. The maximum Gasteiger partial charge on any atom is 0.263 e. The van der Waals surface area contributed by atoms with Gasteiger partial charge in [-0.1, -0.05) is 70.0 Å². The molecule has 0 spiro atoms. The highest BCUT2D eigenvalue weighted by Gasteiger charge is 2.18. The summed E-state index contributed by atoms with van der Waals surface area (Å²) in [6.45, 7) is 0. The van der Waals surface area contributed by atoms with Crippen molar-refractivity contribution in [3.05, 3.63) is 63.1 Å². The van der Waals surface area contributed by atoms with E-state index in [1.54, 1.807) is 0 Å². The Kier molecular flexibility index (Phi) is 6.32. The predicted octanol–water partition coefficient (Wildman–Crippen LogP) is 5.59. The van der Waals surface area contributed by atoms with Gasteiger partial charge in [-0.15, -0.1) is 10.2 Å². The third-order valence-corrected chi connectivity index (χ3v) is 7.61. The van der Waals surface area contributed by atoms with Crippen LogP contribution in [0.1, 0.15) is 5.56 Å². The molecule has 0 aliphatic rings. The van der Waals surface area contributed by atoms with E-state index in [2.05, 4.69) is 14.9 Å². The lowest BCUT2D eigenvalue weighted by atomic mass is 10.2. The first-order valence-electron chi connectivity index (χ1n) is 7.02. The summed E-state index contributed by atoms with van der Waals surface area (Å²) in [5, 5.41) is 9.15. The highest BCUT2D eigenvalue weighted by molar-refractivity contribution is 8.00. The molecule has 0 saturated heterocycles. The molecule has 0 amide bonds. The average molecular weight is 467 g/mol. The lowest BCUT2D eigenvalue weighted by Gasteiger charge is -2.05. The Bertz CT molecular complexity index is 1020. The largest absolute Gasteiger partial charge is 0.263 e. The van der Waals surface area contributed by atoms with Gasteiger partial charge in [-0.05, 0) is 35.9 Å². The van der Waals surface area contributed by atoms with Gasteiger partial charge >= 0.3 is 0 Å². The number of hydrogen-bond acceptors (Lipinski definition) is 6. The number of halogens is 3. The van der Waals surface area contributed by atoms with Gasteiger partial charge in [-0.3, -0.25) is 4.72 Å². The molecule has 26 heavy (non-hydrogen) atoms. The smallest absolute Gasteiger partial charge is 0.253 e. The summed E-state index contributed by atoms with van der Waals surface area (Å²) in [7, 11) is -3.82. The molecule has 2 aromatic carbocycles. The number of aromatic nitrogens is 2. The molecule has 5 nitrogen and oxygen atoms in total. The molecule has 0 radical (unpaired) electrons. The SMILES string of the molecule is O=S(=O)(Nc1nnc(SCc2ccc(Cl)cc2)s1)c1ccc(Cl)c(Cl)c1. The van der Waals surface area contributed by atoms with Crippen molar-refractivity contribution in [2.24, 2.45) is 0 Å². The number of rotatable bonds is 6. The summed E-state index contributed by atoms with van der Waals surface area (Å²) in [6, 6.07) is 11.5. The van der Waals surface area contributed by atoms with Crippen molar-refractivity contribution in [3.63, 3.8) is 0 Å². The highest BCUT2D eigenvalue weighted by Crippen LogP contribution is 2.31. The Morgan fingerprint density at radius 3 is 2.42 bits per heavy atom. The molecular weight excluding hydrogens is 457 g/mol. The van der Waals surface area contributed by atoms with Gasteiger partial charge in [0.25, 0.3) is 10.0 Å². The van der Waals surface area contributed by atoms with Crippen LogP contribution < -0.4 is 4.72 Å². The van der Waals surface area contributed by atoms with Crippen LogP contribution in [-0.2, 0) is 15.8 Å². The van der Waals surface area contributed by atoms with E-state index in [1.165, 1.54) is 30.0 Å². The predicted molar refractivity (Wildman–Crippen MR) is 108 cm³/mol. The summed E-state index contributed by atoms with van der Waals surface area (Å²) in [5.74, 6) is 0.672. The molecule has 0 aliphatic heterocycles. The molecule has 3 rings (SSSR count). The van der Waals surface area contributed by atoms with Crippen LogP contribution in [0.4, 0.5) is 5.13 Å². The Morgan fingerprint density at radius 2 is 1.73 bits per heavy atom. The Morgan fingerprint density at radius 1 is 1.00 bits per heavy atom. The number of thioether (sulfide) groups is 1. The van der Waals surface area contributed by atoms with E-state index in [4.69, 9.17) is 34.8 Å². The van der Waals surface area contributed by atoms with Gasteiger partial charge in [0.1, 0.15) is 0 Å². The fraction of sp³-hybridized carbons (Fsp3) is 0.0667. The third kappa shape index (κ3) is 5.03. The van der Waals surface area contributed by atoms with Crippen molar-refractivity contribution in [2.75, 3.05) is 4.72 Å². The zero-order valence-corrected chi connectivity index (χ0v) is 17.5. The normalized spacial score (nSPS) is 11.5. The van der Waals surface area contributed by atoms with Crippen molar-refractivity contribution in [2.45, 2.75) is 15.0 Å². The lowest BCUT2D eigenvalue weighted by molar-refractivity contribution is 0.601. The van der Waals surface area contributed by atoms with Gasteiger partial charge in [0, 0.05) is 10.8 Å². The molecule has 0 fully saturated rings. The Hall–Kier alpha value is -1.03. The zero-order valence-electron chi connectivity index (χ0n) is 12.8. The van der Waals surface area contributed by atoms with E-state index >= 15 is 0 Å². The monoisotopic (exact) mass is 465 g/mol. The van der Waals surface area contributed by atoms with Gasteiger partial charge in [-0.2, -0.15) is 0 Å². The molecule has 1 aromatic heterocycles. The van der Waals surface area contributed by atoms with Crippen molar-refractivity contribution in [1.29, 1.82) is 0 Å². The second-order valence-electron chi connectivity index (χ2n) is 4.97. The molecule has 0 atom stereocenters. The van der Waals surface area contributed by atoms with E-state index in [-0.39, 0.29) is 20.1 Å². The molecular formula is C15H10Cl3N3O2S3. The van der Waals surface area contributed by atoms with E-state index in [0.717, 1.165) is 16.9 Å². The molecule has 0 aliphatic carbocycles. The molecule has 3 aromatic rings. The fourth-order valence-electron chi connectivity index (χ4n) is 1.85. The third-order valence-electron chi connectivity index (χ3n) is 3.11. The van der Waals surface area contributed by atoms with Crippen molar-refractivity contribution < 1.29 is 8.42 Å². The van der Waals surface area contributed by atoms with Crippen LogP contribution in [0.2, 0.25) is 15.1 Å². The van der Waals surface area contributed by atoms with Crippen molar-refractivity contribution >= 4 is 73.1 Å². The Balaban J connectivity index is 1.67. The summed E-state index contributed by atoms with van der Waals surface area (Å²) in [6.07, 6.45) is 0. The fourth-order valence-corrected chi connectivity index (χ4v) is 5.31. The molecule has 0 saturated carbocycles. The Labute approximate surface area is 173 Å². The number of sulfonamides is 1. The van der Waals surface area contributed by atoms with Crippen LogP contribution >= 0.6 is 57.9 Å². The van der Waals surface area contributed by atoms with Crippen LogP contribution in [0, 0.1) is 0 Å². The van der Waals surface area contributed by atoms with Crippen molar-refractivity contribution in [3.8, 4) is 0 Å². The second-order valence-corrected chi connectivity index (χ2v) is 10.1. The van der Waals surface area contributed by atoms with E-state index in [9.17, 15) is 8.42 Å². The second kappa shape index (κ2) is 8.33. The number of benzene rings is 2. The van der Waals surface area contributed by atoms with E-state index in [0.29, 0.717) is 15.1 Å². The average Bonchev–Trinajstić information content (AvgIpc) is 3.03. The minimum atomic E-state index is -3.82. The minimum Gasteiger partial charge on any atom is -0.253 e. The summed E-state index contributed by atoms with van der Waals surface area (Å²) >= 11 is 20.1. The molecule has 1 N–H and O–H groups in total. The van der Waals surface area contributed by atoms with Gasteiger partial charge in [0.15, 0.2) is 4.34 Å². The van der Waals surface area contributed by atoms with E-state index < -0.39 is 10.0 Å². The molecule has 1 heterocycles. The van der Waals surface area contributed by atoms with Crippen LogP contribution in [0.3, 0.4) is 0 Å². The summed E-state index contributed by atoms with van der Waals surface area (Å²) in [5.41, 5.74) is 1.08. The van der Waals surface area contributed by atoms with Crippen LogP contribution in [-0.4, -0.2) is 18.6 Å². The van der Waals surface area contributed by atoms with Crippen LogP contribution in [0.5, 0.6) is 0 Å². The van der Waals surface area contributed by atoms with Crippen LogP contribution in [0.25, 0.3) is 0 Å². The maximum atomic E-state index is 12.4. The quantitative estimate of drug-likeness (QED) is 0.479. The first-order chi connectivity index (χ1) is 12.3. The number of anilines is 1. The van der Waals surface area contributed by atoms with Gasteiger partial charge in [0.2, 0.25) is 5.13 Å². The lowest BCUT2D eigenvalue weighted by Crippen LogP contribution is -2.12. The maximum absolute atomic E-state index is 12.4. The standard InChI is InChI=1S/C15H10Cl3N3O2S3/c16-10-3-1-9(2-4-10)8-24-15-20-19-14(25-15)21-26(22,23)11-5-6-12(17)13(18)7-11/h1-7H,8H2,(H,19,21).